The van der Waals surface area contributed by atoms with Gasteiger partial charge in [-0.3, -0.25) is 4.79 Å². The zero-order valence-electron chi connectivity index (χ0n) is 10.2. The number of rotatable bonds is 6. The molecule has 0 unspecified atom stereocenters. The molecule has 0 aliphatic carbocycles. The lowest BCUT2D eigenvalue weighted by Gasteiger charge is -2.14. The van der Waals surface area contributed by atoms with Gasteiger partial charge in [0.15, 0.2) is 6.61 Å². The molecule has 0 aliphatic heterocycles. The Labute approximate surface area is 131 Å². The topological polar surface area (TPSA) is 64.3 Å². The molecule has 114 valence electrons. The van der Waals surface area contributed by atoms with Crippen LogP contribution in [0.3, 0.4) is 0 Å². The highest BCUT2D eigenvalue weighted by Crippen LogP contribution is 2.27. The number of halogens is 5. The molecule has 0 heterocycles. The molecule has 3 N–H and O–H groups in total. The predicted molar refractivity (Wildman–Crippen MR) is 76.2 cm³/mol. The number of alkyl halides is 2. The molecule has 0 aliphatic rings. The van der Waals surface area contributed by atoms with E-state index in [2.05, 4.69) is 0 Å². The molecule has 0 saturated carbocycles. The van der Waals surface area contributed by atoms with Gasteiger partial charge in [-0.05, 0) is 18.2 Å². The summed E-state index contributed by atoms with van der Waals surface area (Å²) in [6, 6.07) is 4.45. The van der Waals surface area contributed by atoms with Crippen LogP contribution in [-0.4, -0.2) is 31.5 Å². The zero-order chi connectivity index (χ0) is 14.5. The van der Waals surface area contributed by atoms with Gasteiger partial charge >= 0.3 is 0 Å². The molecular formula is C11H13Cl3F2N2O2. The molecule has 0 saturated heterocycles. The molecule has 1 amide bonds. The van der Waals surface area contributed by atoms with E-state index in [4.69, 9.17) is 33.7 Å². The molecule has 0 aromatic heterocycles. The smallest absolute Gasteiger partial charge is 0.277 e. The Morgan fingerprint density at radius 2 is 2.05 bits per heavy atom. The molecule has 9 heteroatoms. The average molecular weight is 350 g/mol. The number of carbonyl (C=O) groups is 1. The van der Waals surface area contributed by atoms with E-state index >= 15 is 0 Å². The molecule has 4 nitrogen and oxygen atoms in total. The van der Waals surface area contributed by atoms with Crippen molar-refractivity contribution in [3.8, 4) is 5.75 Å². The van der Waals surface area contributed by atoms with Crippen LogP contribution < -0.4 is 15.8 Å². The molecule has 1 aromatic rings. The highest BCUT2D eigenvalue weighted by molar-refractivity contribution is 6.35. The van der Waals surface area contributed by atoms with Crippen molar-refractivity contribution in [1.82, 2.24) is 5.32 Å². The lowest BCUT2D eigenvalue weighted by atomic mass is 10.3. The number of hydrogen-bond donors (Lipinski definition) is 2. The van der Waals surface area contributed by atoms with Crippen LogP contribution in [0.1, 0.15) is 0 Å². The van der Waals surface area contributed by atoms with E-state index in [1.54, 1.807) is 0 Å². The molecule has 0 spiro atoms. The average Bonchev–Trinajstić information content (AvgIpc) is 2.35. The minimum atomic E-state index is -3.13. The van der Waals surface area contributed by atoms with Gasteiger partial charge < -0.3 is 15.8 Å². The first kappa shape index (κ1) is 19.2. The second-order valence-corrected chi connectivity index (χ2v) is 4.54. The van der Waals surface area contributed by atoms with Crippen molar-refractivity contribution in [2.75, 3.05) is 19.7 Å². The van der Waals surface area contributed by atoms with Crippen LogP contribution in [-0.2, 0) is 4.79 Å². The first-order chi connectivity index (χ1) is 8.84. The summed E-state index contributed by atoms with van der Waals surface area (Å²) in [6.07, 6.45) is 0. The van der Waals surface area contributed by atoms with Crippen LogP contribution in [0, 0.1) is 0 Å². The van der Waals surface area contributed by atoms with Crippen LogP contribution in [0.4, 0.5) is 8.78 Å². The maximum absolute atomic E-state index is 12.8. The van der Waals surface area contributed by atoms with Gasteiger partial charge in [0.25, 0.3) is 11.8 Å². The Morgan fingerprint density at radius 1 is 1.40 bits per heavy atom. The summed E-state index contributed by atoms with van der Waals surface area (Å²) in [6.45, 7) is -2.10. The third-order valence-corrected chi connectivity index (χ3v) is 2.63. The summed E-state index contributed by atoms with van der Waals surface area (Å²) < 4.78 is 30.6. The number of ether oxygens (including phenoxy) is 1. The summed E-state index contributed by atoms with van der Waals surface area (Å²) >= 11 is 11.5. The molecule has 0 radical (unpaired) electrons. The summed E-state index contributed by atoms with van der Waals surface area (Å²) in [5.74, 6) is -3.58. The van der Waals surface area contributed by atoms with Gasteiger partial charge in [-0.1, -0.05) is 23.2 Å². The molecule has 1 aromatic carbocycles. The first-order valence-electron chi connectivity index (χ1n) is 5.26. The molecule has 20 heavy (non-hydrogen) atoms. The van der Waals surface area contributed by atoms with Crippen LogP contribution in [0.2, 0.25) is 10.0 Å². The minimum absolute atomic E-state index is 0. The quantitative estimate of drug-likeness (QED) is 0.829. The van der Waals surface area contributed by atoms with Crippen molar-refractivity contribution in [2.45, 2.75) is 5.92 Å². The van der Waals surface area contributed by atoms with Crippen molar-refractivity contribution in [2.24, 2.45) is 5.73 Å². The zero-order valence-corrected chi connectivity index (χ0v) is 12.5. The molecule has 0 atom stereocenters. The molecular weight excluding hydrogens is 336 g/mol. The minimum Gasteiger partial charge on any atom is -0.482 e. The van der Waals surface area contributed by atoms with Crippen molar-refractivity contribution in [1.29, 1.82) is 0 Å². The summed E-state index contributed by atoms with van der Waals surface area (Å²) in [5, 5.41) is 2.66. The van der Waals surface area contributed by atoms with Crippen molar-refractivity contribution < 1.29 is 18.3 Å². The van der Waals surface area contributed by atoms with E-state index in [1.165, 1.54) is 18.2 Å². The van der Waals surface area contributed by atoms with E-state index in [0.717, 1.165) is 0 Å². The Hall–Kier alpha value is -0.820. The van der Waals surface area contributed by atoms with Gasteiger partial charge in [0, 0.05) is 5.02 Å². The Morgan fingerprint density at radius 3 is 2.60 bits per heavy atom. The van der Waals surface area contributed by atoms with Crippen molar-refractivity contribution >= 4 is 41.5 Å². The normalized spacial score (nSPS) is 10.7. The molecule has 0 bridgehead atoms. The van der Waals surface area contributed by atoms with Crippen molar-refractivity contribution in [3.63, 3.8) is 0 Å². The van der Waals surface area contributed by atoms with E-state index in [9.17, 15) is 13.6 Å². The SMILES string of the molecule is Cl.NCC(F)(F)CNC(=O)COc1ccc(Cl)cc1Cl. The first-order valence-corrected chi connectivity index (χ1v) is 6.02. The van der Waals surface area contributed by atoms with E-state index in [-0.39, 0.29) is 23.2 Å². The highest BCUT2D eigenvalue weighted by Gasteiger charge is 2.27. The molecule has 0 fully saturated rings. The number of nitrogens with one attached hydrogen (secondary N) is 1. The largest absolute Gasteiger partial charge is 0.482 e. The maximum atomic E-state index is 12.8. The number of nitrogens with two attached hydrogens (primary N) is 1. The highest BCUT2D eigenvalue weighted by atomic mass is 35.5. The van der Waals surface area contributed by atoms with Gasteiger partial charge in [0.2, 0.25) is 0 Å². The van der Waals surface area contributed by atoms with Crippen LogP contribution >= 0.6 is 35.6 Å². The number of amides is 1. The Kier molecular flexibility index (Phi) is 8.12. The van der Waals surface area contributed by atoms with Gasteiger partial charge in [0.1, 0.15) is 5.75 Å². The van der Waals surface area contributed by atoms with E-state index in [1.807, 2.05) is 5.32 Å². The molecule has 1 rings (SSSR count). The Balaban J connectivity index is 0.00000361. The fourth-order valence-electron chi connectivity index (χ4n) is 1.09. The predicted octanol–water partition coefficient (Wildman–Crippen LogP) is 2.50. The monoisotopic (exact) mass is 348 g/mol. The van der Waals surface area contributed by atoms with Gasteiger partial charge in [0.05, 0.1) is 18.1 Å². The summed E-state index contributed by atoms with van der Waals surface area (Å²) in [7, 11) is 0. The van der Waals surface area contributed by atoms with Gasteiger partial charge in [-0.15, -0.1) is 12.4 Å². The Bertz CT molecular complexity index is 461. The van der Waals surface area contributed by atoms with Gasteiger partial charge in [-0.2, -0.15) is 0 Å². The number of benzene rings is 1. The maximum Gasteiger partial charge on any atom is 0.277 e. The van der Waals surface area contributed by atoms with Crippen LogP contribution in [0.25, 0.3) is 0 Å². The second kappa shape index (κ2) is 8.46. The van der Waals surface area contributed by atoms with E-state index in [0.29, 0.717) is 5.02 Å². The van der Waals surface area contributed by atoms with Crippen LogP contribution in [0.5, 0.6) is 5.75 Å². The number of carbonyl (C=O) groups excluding carboxylic acids is 1. The fourth-order valence-corrected chi connectivity index (χ4v) is 1.55. The third kappa shape index (κ3) is 6.56. The standard InChI is InChI=1S/C11H12Cl2F2N2O2.ClH/c12-7-1-2-9(8(13)3-7)19-4-10(18)17-6-11(14,15)5-16;/h1-3H,4-6,16H2,(H,17,18);1H. The van der Waals surface area contributed by atoms with E-state index < -0.39 is 31.5 Å². The summed E-state index contributed by atoms with van der Waals surface area (Å²) in [4.78, 5) is 11.3. The van der Waals surface area contributed by atoms with Gasteiger partial charge in [-0.25, -0.2) is 8.78 Å². The fraction of sp³-hybridized carbons (Fsp3) is 0.364. The lowest BCUT2D eigenvalue weighted by Crippen LogP contribution is -2.43. The third-order valence-electron chi connectivity index (χ3n) is 2.10. The second-order valence-electron chi connectivity index (χ2n) is 3.70. The number of hydrogen-bond acceptors (Lipinski definition) is 3. The van der Waals surface area contributed by atoms with Crippen LogP contribution in [0.15, 0.2) is 18.2 Å². The lowest BCUT2D eigenvalue weighted by molar-refractivity contribution is -0.124. The summed E-state index contributed by atoms with van der Waals surface area (Å²) in [5.41, 5.74) is 4.83. The van der Waals surface area contributed by atoms with Crippen molar-refractivity contribution in [3.05, 3.63) is 28.2 Å².